The predicted octanol–water partition coefficient (Wildman–Crippen LogP) is 6.19. The minimum Gasteiger partial charge on any atom is -0.473 e. The van der Waals surface area contributed by atoms with Crippen molar-refractivity contribution in [2.45, 2.75) is 38.0 Å². The van der Waals surface area contributed by atoms with E-state index in [1.807, 2.05) is 39.8 Å². The Hall–Kier alpha value is -5.21. The molecule has 11 heteroatoms. The van der Waals surface area contributed by atoms with Crippen LogP contribution in [0.25, 0.3) is 22.3 Å². The highest BCUT2D eigenvalue weighted by Crippen LogP contribution is 2.37. The molecule has 5 aromatic rings. The average Bonchev–Trinajstić information content (AvgIpc) is 3.86. The van der Waals surface area contributed by atoms with Gasteiger partial charge in [0.2, 0.25) is 11.8 Å². The van der Waals surface area contributed by atoms with E-state index in [1.54, 1.807) is 13.2 Å². The number of para-hydroxylation sites is 2. The van der Waals surface area contributed by atoms with Gasteiger partial charge < -0.3 is 18.9 Å². The zero-order valence-electron chi connectivity index (χ0n) is 25.6. The van der Waals surface area contributed by atoms with Crippen molar-refractivity contribution in [1.29, 1.82) is 5.26 Å². The molecule has 0 atom stereocenters. The fraction of sp³-hybridized carbons (Fsp3) is 0.278. The van der Waals surface area contributed by atoms with Crippen molar-refractivity contribution >= 4 is 16.9 Å². The second-order valence-corrected chi connectivity index (χ2v) is 12.1. The third-order valence-corrected chi connectivity index (χ3v) is 8.85. The smallest absolute Gasteiger partial charge is 0.225 e. The molecular formula is C36H30F3N5O3. The number of likely N-dealkylation sites (tertiary alicyclic amines) is 1. The number of imidazole rings is 1. The molecule has 0 unspecified atom stereocenters. The van der Waals surface area contributed by atoms with Crippen molar-refractivity contribution in [3.8, 4) is 23.2 Å². The molecule has 1 saturated heterocycles. The van der Waals surface area contributed by atoms with E-state index in [2.05, 4.69) is 4.98 Å². The molecule has 0 bridgehead atoms. The summed E-state index contributed by atoms with van der Waals surface area (Å²) in [5.74, 6) is -0.953. The van der Waals surface area contributed by atoms with Crippen LogP contribution in [-0.2, 0) is 29.1 Å². The number of rotatable bonds is 10. The second kappa shape index (κ2) is 12.2. The van der Waals surface area contributed by atoms with Gasteiger partial charge in [0.05, 0.1) is 48.0 Å². The summed E-state index contributed by atoms with van der Waals surface area (Å²) in [6, 6.07) is 20.4. The van der Waals surface area contributed by atoms with Gasteiger partial charge >= 0.3 is 0 Å². The third-order valence-electron chi connectivity index (χ3n) is 8.85. The van der Waals surface area contributed by atoms with Gasteiger partial charge in [0, 0.05) is 36.6 Å². The Balaban J connectivity index is 1.12. The Bertz CT molecular complexity index is 2050. The Labute approximate surface area is 269 Å². The van der Waals surface area contributed by atoms with Gasteiger partial charge in [0.25, 0.3) is 0 Å². The second-order valence-electron chi connectivity index (χ2n) is 12.1. The number of nitriles is 1. The largest absolute Gasteiger partial charge is 0.473 e. The molecule has 7 rings (SSSR count). The molecule has 2 fully saturated rings. The van der Waals surface area contributed by atoms with Gasteiger partial charge in [0.1, 0.15) is 35.5 Å². The number of amides is 1. The van der Waals surface area contributed by atoms with Crippen molar-refractivity contribution in [1.82, 2.24) is 19.4 Å². The van der Waals surface area contributed by atoms with E-state index >= 15 is 8.78 Å². The summed E-state index contributed by atoms with van der Waals surface area (Å²) >= 11 is 0. The monoisotopic (exact) mass is 637 g/mol. The van der Waals surface area contributed by atoms with E-state index < -0.39 is 23.1 Å². The number of carbonyl (C=O) groups excluding carboxylic acids is 1. The lowest BCUT2D eigenvalue weighted by Crippen LogP contribution is -2.66. The number of ether oxygens (including phenoxy) is 2. The zero-order chi connectivity index (χ0) is 32.7. The molecule has 2 aliphatic rings. The third kappa shape index (κ3) is 6.04. The number of hydrogen-bond donors (Lipinski definition) is 0. The number of benzene rings is 3. The highest BCUT2D eigenvalue weighted by Gasteiger charge is 2.49. The van der Waals surface area contributed by atoms with Gasteiger partial charge in [-0.15, -0.1) is 0 Å². The molecule has 0 spiro atoms. The van der Waals surface area contributed by atoms with Crippen LogP contribution in [0, 0.1) is 34.7 Å². The lowest BCUT2D eigenvalue weighted by atomic mass is 9.92. The number of hydrogen-bond acceptors (Lipinski definition) is 6. The molecule has 1 aliphatic heterocycles. The maximum atomic E-state index is 15.7. The minimum atomic E-state index is -0.673. The molecule has 8 nitrogen and oxygen atoms in total. The van der Waals surface area contributed by atoms with Crippen LogP contribution in [0.1, 0.15) is 35.4 Å². The first kappa shape index (κ1) is 30.4. The van der Waals surface area contributed by atoms with Crippen LogP contribution in [0.5, 0.6) is 5.88 Å². The molecule has 1 amide bonds. The lowest BCUT2D eigenvalue weighted by molar-refractivity contribution is -0.166. The molecule has 0 radical (unpaired) electrons. The fourth-order valence-corrected chi connectivity index (χ4v) is 6.03. The van der Waals surface area contributed by atoms with Gasteiger partial charge in [-0.1, -0.05) is 24.3 Å². The highest BCUT2D eigenvalue weighted by molar-refractivity contribution is 5.82. The SMILES string of the molecule is COC1(Cn2c(Cc3cc(F)c(-c4cccc(OCc5ccc(C#N)cc5F)n4)cc3F)nc3ccccc32)CN(C(=O)C2CC2)C1. The lowest BCUT2D eigenvalue weighted by Gasteiger charge is -2.49. The molecule has 47 heavy (non-hydrogen) atoms. The summed E-state index contributed by atoms with van der Waals surface area (Å²) in [7, 11) is 1.63. The number of aromatic nitrogens is 3. The molecule has 0 N–H and O–H groups in total. The summed E-state index contributed by atoms with van der Waals surface area (Å²) in [4.78, 5) is 23.5. The molecule has 3 heterocycles. The zero-order valence-corrected chi connectivity index (χ0v) is 25.6. The van der Waals surface area contributed by atoms with Gasteiger partial charge in [-0.2, -0.15) is 5.26 Å². The van der Waals surface area contributed by atoms with Crippen LogP contribution in [-0.4, -0.2) is 51.1 Å². The fourth-order valence-electron chi connectivity index (χ4n) is 6.03. The van der Waals surface area contributed by atoms with E-state index in [0.717, 1.165) is 42.1 Å². The summed E-state index contributed by atoms with van der Waals surface area (Å²) in [5.41, 5.74) is 1.58. The van der Waals surface area contributed by atoms with Crippen LogP contribution in [0.3, 0.4) is 0 Å². The summed E-state index contributed by atoms with van der Waals surface area (Å²) < 4.78 is 59.1. The first-order valence-corrected chi connectivity index (χ1v) is 15.3. The van der Waals surface area contributed by atoms with E-state index in [-0.39, 0.29) is 58.7 Å². The van der Waals surface area contributed by atoms with Crippen molar-refractivity contribution in [3.63, 3.8) is 0 Å². The van der Waals surface area contributed by atoms with Crippen LogP contribution in [0.15, 0.2) is 72.8 Å². The molecule has 1 saturated carbocycles. The van der Waals surface area contributed by atoms with E-state index in [9.17, 15) is 9.18 Å². The van der Waals surface area contributed by atoms with Crippen LogP contribution < -0.4 is 4.74 Å². The summed E-state index contributed by atoms with van der Waals surface area (Å²) in [6.07, 6.45) is 1.89. The summed E-state index contributed by atoms with van der Waals surface area (Å²) in [6.45, 7) is 1.16. The number of carbonyl (C=O) groups is 1. The van der Waals surface area contributed by atoms with E-state index in [4.69, 9.17) is 19.7 Å². The highest BCUT2D eigenvalue weighted by atomic mass is 19.1. The number of halogens is 3. The Morgan fingerprint density at radius 1 is 0.957 bits per heavy atom. The van der Waals surface area contributed by atoms with Crippen molar-refractivity contribution in [2.75, 3.05) is 20.2 Å². The van der Waals surface area contributed by atoms with Gasteiger partial charge in [-0.05, 0) is 60.9 Å². The van der Waals surface area contributed by atoms with Crippen LogP contribution in [0.4, 0.5) is 13.2 Å². The maximum absolute atomic E-state index is 15.7. The van der Waals surface area contributed by atoms with Crippen molar-refractivity contribution in [3.05, 3.63) is 113 Å². The van der Waals surface area contributed by atoms with Crippen molar-refractivity contribution < 1.29 is 27.4 Å². The topological polar surface area (TPSA) is 93.3 Å². The molecule has 1 aliphatic carbocycles. The van der Waals surface area contributed by atoms with Gasteiger partial charge in [0.15, 0.2) is 0 Å². The first-order chi connectivity index (χ1) is 22.8. The number of fused-ring (bicyclic) bond motifs is 1. The van der Waals surface area contributed by atoms with Crippen LogP contribution in [0.2, 0.25) is 0 Å². The standard InChI is InChI=1S/C36H30F3N5O3/c1-46-36(19-43(20-36)35(45)23-11-12-23)21-44-32-7-3-2-5-31(32)41-33(44)15-25-14-29(39)26(16-28(25)38)30-6-4-8-34(42-30)47-18-24-10-9-22(17-40)13-27(24)37/h2-10,13-14,16,23H,11-12,15,18-21H2,1H3. The maximum Gasteiger partial charge on any atom is 0.225 e. The Morgan fingerprint density at radius 2 is 1.74 bits per heavy atom. The molecule has 238 valence electrons. The Kier molecular flexibility index (Phi) is 7.90. The van der Waals surface area contributed by atoms with E-state index in [0.29, 0.717) is 25.5 Å². The molecular weight excluding hydrogens is 607 g/mol. The normalized spacial score (nSPS) is 15.3. The minimum absolute atomic E-state index is 0.0228. The summed E-state index contributed by atoms with van der Waals surface area (Å²) in [5, 5.41) is 8.94. The average molecular weight is 638 g/mol. The number of nitrogens with zero attached hydrogens (tertiary/aromatic N) is 5. The van der Waals surface area contributed by atoms with E-state index in [1.165, 1.54) is 24.3 Å². The molecule has 3 aromatic carbocycles. The van der Waals surface area contributed by atoms with Crippen molar-refractivity contribution in [2.24, 2.45) is 5.92 Å². The Morgan fingerprint density at radius 3 is 2.49 bits per heavy atom. The quantitative estimate of drug-likeness (QED) is 0.181. The number of pyridine rings is 1. The van der Waals surface area contributed by atoms with Gasteiger partial charge in [-0.3, -0.25) is 4.79 Å². The van der Waals surface area contributed by atoms with Gasteiger partial charge in [-0.25, -0.2) is 23.1 Å². The predicted molar refractivity (Wildman–Crippen MR) is 167 cm³/mol. The molecule has 2 aromatic heterocycles. The van der Waals surface area contributed by atoms with Crippen LogP contribution >= 0.6 is 0 Å². The first-order valence-electron chi connectivity index (χ1n) is 15.3. The number of methoxy groups -OCH3 is 1.